The van der Waals surface area contributed by atoms with Crippen molar-refractivity contribution in [2.24, 2.45) is 0 Å². The van der Waals surface area contributed by atoms with Crippen LogP contribution in [0.15, 0.2) is 18.2 Å². The van der Waals surface area contributed by atoms with Gasteiger partial charge in [0.05, 0.1) is 11.8 Å². The summed E-state index contributed by atoms with van der Waals surface area (Å²) in [5.41, 5.74) is 2.36. The predicted molar refractivity (Wildman–Crippen MR) is 76.9 cm³/mol. The Morgan fingerprint density at radius 3 is 3.05 bits per heavy atom. The minimum atomic E-state index is -0.0747. The minimum Gasteiger partial charge on any atom is -0.485 e. The van der Waals surface area contributed by atoms with Crippen molar-refractivity contribution in [1.82, 2.24) is 0 Å². The molecule has 0 aromatic heterocycles. The molecule has 0 aliphatic carbocycles. The van der Waals surface area contributed by atoms with Crippen LogP contribution in [0.3, 0.4) is 0 Å². The molecule has 1 aromatic rings. The van der Waals surface area contributed by atoms with Crippen molar-refractivity contribution in [3.8, 4) is 5.75 Å². The lowest BCUT2D eigenvalue weighted by Crippen LogP contribution is -2.25. The Morgan fingerprint density at radius 2 is 2.26 bits per heavy atom. The van der Waals surface area contributed by atoms with E-state index in [1.165, 1.54) is 18.4 Å². The molecule has 2 aliphatic heterocycles. The van der Waals surface area contributed by atoms with Crippen LogP contribution in [0.25, 0.3) is 0 Å². The number of rotatable bonds is 4. The third-order valence-electron chi connectivity index (χ3n) is 3.90. The van der Waals surface area contributed by atoms with Gasteiger partial charge >= 0.3 is 0 Å². The number of para-hydroxylation sites is 1. The van der Waals surface area contributed by atoms with Crippen LogP contribution in [0.1, 0.15) is 38.7 Å². The SMILES string of the molecule is CC1(C)Cc2cccc(NCC[C@@H]3CCCO3)c2O1. The van der Waals surface area contributed by atoms with Gasteiger partial charge in [-0.1, -0.05) is 12.1 Å². The maximum Gasteiger partial charge on any atom is 0.146 e. The highest BCUT2D eigenvalue weighted by molar-refractivity contribution is 5.62. The van der Waals surface area contributed by atoms with Gasteiger partial charge in [0.1, 0.15) is 11.4 Å². The average Bonchev–Trinajstić information content (AvgIpc) is 2.95. The van der Waals surface area contributed by atoms with E-state index >= 15 is 0 Å². The molecular weight excluding hydrogens is 238 g/mol. The first-order valence-electron chi connectivity index (χ1n) is 7.30. The van der Waals surface area contributed by atoms with E-state index in [-0.39, 0.29) is 5.60 Å². The zero-order valence-electron chi connectivity index (χ0n) is 11.9. The van der Waals surface area contributed by atoms with Gasteiger partial charge < -0.3 is 14.8 Å². The Kier molecular flexibility index (Phi) is 3.40. The van der Waals surface area contributed by atoms with E-state index in [9.17, 15) is 0 Å². The molecule has 19 heavy (non-hydrogen) atoms. The lowest BCUT2D eigenvalue weighted by atomic mass is 10.0. The van der Waals surface area contributed by atoms with Crippen molar-refractivity contribution < 1.29 is 9.47 Å². The van der Waals surface area contributed by atoms with Crippen molar-refractivity contribution in [2.75, 3.05) is 18.5 Å². The van der Waals surface area contributed by atoms with E-state index in [4.69, 9.17) is 9.47 Å². The Bertz CT molecular complexity index is 450. The second kappa shape index (κ2) is 5.04. The Balaban J connectivity index is 1.61. The fourth-order valence-electron chi connectivity index (χ4n) is 2.99. The molecule has 1 aromatic carbocycles. The van der Waals surface area contributed by atoms with Gasteiger partial charge in [-0.2, -0.15) is 0 Å². The van der Waals surface area contributed by atoms with Crippen LogP contribution in [0.2, 0.25) is 0 Å². The fraction of sp³-hybridized carbons (Fsp3) is 0.625. The molecule has 1 saturated heterocycles. The lowest BCUT2D eigenvalue weighted by Gasteiger charge is -2.19. The quantitative estimate of drug-likeness (QED) is 0.901. The smallest absolute Gasteiger partial charge is 0.146 e. The van der Waals surface area contributed by atoms with Gasteiger partial charge in [-0.3, -0.25) is 0 Å². The maximum absolute atomic E-state index is 6.05. The summed E-state index contributed by atoms with van der Waals surface area (Å²) in [6.07, 6.45) is 4.93. The summed E-state index contributed by atoms with van der Waals surface area (Å²) in [6.45, 7) is 6.17. The van der Waals surface area contributed by atoms with Crippen LogP contribution in [0.5, 0.6) is 5.75 Å². The molecule has 3 heteroatoms. The molecule has 3 rings (SSSR count). The first-order chi connectivity index (χ1) is 9.14. The summed E-state index contributed by atoms with van der Waals surface area (Å²) < 4.78 is 11.7. The standard InChI is InChI=1S/C16H23NO2/c1-16(2)11-12-5-3-7-14(15(12)19-16)17-9-8-13-6-4-10-18-13/h3,5,7,13,17H,4,6,8-11H2,1-2H3/t13-/m0/s1. The number of ether oxygens (including phenoxy) is 2. The Hall–Kier alpha value is -1.22. The second-order valence-electron chi connectivity index (χ2n) is 6.18. The highest BCUT2D eigenvalue weighted by atomic mass is 16.5. The van der Waals surface area contributed by atoms with Gasteiger partial charge in [0, 0.05) is 25.1 Å². The van der Waals surface area contributed by atoms with E-state index in [2.05, 4.69) is 37.4 Å². The van der Waals surface area contributed by atoms with Crippen molar-refractivity contribution >= 4 is 5.69 Å². The van der Waals surface area contributed by atoms with E-state index in [0.717, 1.165) is 37.4 Å². The summed E-state index contributed by atoms with van der Waals surface area (Å²) in [7, 11) is 0. The van der Waals surface area contributed by atoms with Crippen LogP contribution >= 0.6 is 0 Å². The van der Waals surface area contributed by atoms with E-state index in [1.807, 2.05) is 0 Å². The predicted octanol–water partition coefficient (Wildman–Crippen LogP) is 3.38. The van der Waals surface area contributed by atoms with Crippen molar-refractivity contribution in [3.63, 3.8) is 0 Å². The number of hydrogen-bond acceptors (Lipinski definition) is 3. The molecule has 0 unspecified atom stereocenters. The first kappa shape index (κ1) is 12.8. The van der Waals surface area contributed by atoms with Crippen LogP contribution in [-0.4, -0.2) is 24.9 Å². The molecule has 0 amide bonds. The van der Waals surface area contributed by atoms with Crippen LogP contribution in [0.4, 0.5) is 5.69 Å². The van der Waals surface area contributed by atoms with Crippen molar-refractivity contribution in [2.45, 2.75) is 51.2 Å². The monoisotopic (exact) mass is 261 g/mol. The summed E-state index contributed by atoms with van der Waals surface area (Å²) in [5.74, 6) is 1.04. The third kappa shape index (κ3) is 2.86. The third-order valence-corrected chi connectivity index (χ3v) is 3.90. The molecule has 1 N–H and O–H groups in total. The first-order valence-corrected chi connectivity index (χ1v) is 7.30. The second-order valence-corrected chi connectivity index (χ2v) is 6.18. The average molecular weight is 261 g/mol. The molecule has 3 nitrogen and oxygen atoms in total. The molecule has 1 fully saturated rings. The zero-order valence-corrected chi connectivity index (χ0v) is 11.9. The van der Waals surface area contributed by atoms with Gasteiger partial charge in [0.2, 0.25) is 0 Å². The molecule has 104 valence electrons. The van der Waals surface area contributed by atoms with Gasteiger partial charge in [0.15, 0.2) is 0 Å². The molecule has 2 heterocycles. The number of benzene rings is 1. The number of anilines is 1. The Morgan fingerprint density at radius 1 is 1.37 bits per heavy atom. The largest absolute Gasteiger partial charge is 0.485 e. The van der Waals surface area contributed by atoms with E-state index in [0.29, 0.717) is 6.10 Å². The molecule has 1 atom stereocenters. The topological polar surface area (TPSA) is 30.5 Å². The fourth-order valence-corrected chi connectivity index (χ4v) is 2.99. The van der Waals surface area contributed by atoms with Crippen LogP contribution in [0, 0.1) is 0 Å². The summed E-state index contributed by atoms with van der Waals surface area (Å²) in [6, 6.07) is 6.38. The number of fused-ring (bicyclic) bond motifs is 1. The van der Waals surface area contributed by atoms with Gasteiger partial charge in [-0.05, 0) is 39.2 Å². The maximum atomic E-state index is 6.05. The Labute approximate surface area is 115 Å². The molecule has 0 saturated carbocycles. The van der Waals surface area contributed by atoms with Gasteiger partial charge in [0.25, 0.3) is 0 Å². The van der Waals surface area contributed by atoms with Crippen molar-refractivity contribution in [1.29, 1.82) is 0 Å². The summed E-state index contributed by atoms with van der Waals surface area (Å²) >= 11 is 0. The molecule has 2 aliphatic rings. The highest BCUT2D eigenvalue weighted by Gasteiger charge is 2.31. The molecule has 0 bridgehead atoms. The van der Waals surface area contributed by atoms with E-state index < -0.39 is 0 Å². The van der Waals surface area contributed by atoms with Gasteiger partial charge in [-0.25, -0.2) is 0 Å². The summed E-state index contributed by atoms with van der Waals surface area (Å²) in [5, 5.41) is 3.50. The lowest BCUT2D eigenvalue weighted by molar-refractivity contribution is 0.107. The normalized spacial score (nSPS) is 24.0. The highest BCUT2D eigenvalue weighted by Crippen LogP contribution is 2.40. The van der Waals surface area contributed by atoms with Crippen LogP contribution in [-0.2, 0) is 11.2 Å². The minimum absolute atomic E-state index is 0.0747. The number of hydrogen-bond donors (Lipinski definition) is 1. The van der Waals surface area contributed by atoms with Crippen LogP contribution < -0.4 is 10.1 Å². The summed E-state index contributed by atoms with van der Waals surface area (Å²) in [4.78, 5) is 0. The number of nitrogens with one attached hydrogen (secondary N) is 1. The van der Waals surface area contributed by atoms with E-state index in [1.54, 1.807) is 0 Å². The molecule has 0 spiro atoms. The molecular formula is C16H23NO2. The van der Waals surface area contributed by atoms with Gasteiger partial charge in [-0.15, -0.1) is 0 Å². The zero-order chi connectivity index (χ0) is 13.3. The molecule has 0 radical (unpaired) electrons. The van der Waals surface area contributed by atoms with Crippen molar-refractivity contribution in [3.05, 3.63) is 23.8 Å².